The molecule has 1 aliphatic heterocycles. The normalized spacial score (nSPS) is 18.8. The lowest BCUT2D eigenvalue weighted by Crippen LogP contribution is -2.44. The highest BCUT2D eigenvalue weighted by Gasteiger charge is 2.47. The van der Waals surface area contributed by atoms with Crippen LogP contribution < -0.4 is 5.32 Å². The summed E-state index contributed by atoms with van der Waals surface area (Å²) in [6.07, 6.45) is -3.56. The van der Waals surface area contributed by atoms with Crippen molar-refractivity contribution in [1.82, 2.24) is 9.29 Å². The Balaban J connectivity index is 1.68. The molecule has 1 aromatic heterocycles. The fourth-order valence-electron chi connectivity index (χ4n) is 4.76. The highest BCUT2D eigenvalue weighted by Crippen LogP contribution is 2.45. The Kier molecular flexibility index (Phi) is 8.17. The van der Waals surface area contributed by atoms with Crippen molar-refractivity contribution in [2.45, 2.75) is 50.3 Å². The molecular weight excluding hydrogens is 519 g/mol. The molecule has 204 valence electrons. The first-order chi connectivity index (χ1) is 18.0. The quantitative estimate of drug-likeness (QED) is 0.346. The Morgan fingerprint density at radius 3 is 2.53 bits per heavy atom. The Hall–Kier alpha value is -3.31. The van der Waals surface area contributed by atoms with Crippen molar-refractivity contribution >= 4 is 21.7 Å². The number of halogens is 3. The Labute approximate surface area is 220 Å². The van der Waals surface area contributed by atoms with Crippen LogP contribution in [0.4, 0.5) is 18.9 Å². The van der Waals surface area contributed by atoms with Crippen molar-refractivity contribution in [1.29, 1.82) is 0 Å². The number of hydrogen-bond donors (Lipinski definition) is 2. The molecule has 2 unspecified atom stereocenters. The average molecular weight is 550 g/mol. The zero-order valence-corrected chi connectivity index (χ0v) is 21.9. The van der Waals surface area contributed by atoms with Crippen molar-refractivity contribution in [3.63, 3.8) is 0 Å². The van der Waals surface area contributed by atoms with Gasteiger partial charge >= 0.3 is 12.1 Å². The number of esters is 1. The van der Waals surface area contributed by atoms with E-state index in [0.29, 0.717) is 16.8 Å². The number of aromatic amines is 1. The second-order valence-corrected chi connectivity index (χ2v) is 11.1. The van der Waals surface area contributed by atoms with Gasteiger partial charge in [0.25, 0.3) is 0 Å². The first kappa shape index (κ1) is 27.7. The maximum atomic E-state index is 13.8. The molecule has 0 spiro atoms. The minimum absolute atomic E-state index is 0.0422. The lowest BCUT2D eigenvalue weighted by atomic mass is 9.86. The molecule has 2 atom stereocenters. The third-order valence-electron chi connectivity index (χ3n) is 6.75. The average Bonchev–Trinajstić information content (AvgIpc) is 3.36. The van der Waals surface area contributed by atoms with Crippen LogP contribution in [0.25, 0.3) is 0 Å². The molecule has 0 saturated carbocycles. The van der Waals surface area contributed by atoms with Crippen LogP contribution >= 0.6 is 0 Å². The van der Waals surface area contributed by atoms with Gasteiger partial charge in [-0.25, -0.2) is 13.2 Å². The molecule has 1 fully saturated rings. The maximum Gasteiger partial charge on any atom is 0.391 e. The third-order valence-corrected chi connectivity index (χ3v) is 8.68. The van der Waals surface area contributed by atoms with Crippen LogP contribution in [0.2, 0.25) is 0 Å². The summed E-state index contributed by atoms with van der Waals surface area (Å²) in [6, 6.07) is 13.8. The van der Waals surface area contributed by atoms with E-state index in [1.165, 1.54) is 16.4 Å². The molecular formula is C27H30F3N3O4S. The van der Waals surface area contributed by atoms with Crippen molar-refractivity contribution in [2.24, 2.45) is 5.92 Å². The number of hydrogen-bond acceptors (Lipinski definition) is 5. The van der Waals surface area contributed by atoms with Gasteiger partial charge in [0.05, 0.1) is 29.1 Å². The van der Waals surface area contributed by atoms with Gasteiger partial charge in [0.15, 0.2) is 0 Å². The van der Waals surface area contributed by atoms with Gasteiger partial charge in [0, 0.05) is 19.3 Å². The maximum absolute atomic E-state index is 13.8. The van der Waals surface area contributed by atoms with E-state index in [9.17, 15) is 26.4 Å². The predicted octanol–water partition coefficient (Wildman–Crippen LogP) is 5.82. The fraction of sp³-hybridized carbons (Fsp3) is 0.370. The van der Waals surface area contributed by atoms with E-state index in [4.69, 9.17) is 4.74 Å². The number of carbonyl (C=O) groups excluding carboxylic acids is 1. The number of piperidine rings is 1. The van der Waals surface area contributed by atoms with Crippen molar-refractivity contribution in [2.75, 3.05) is 18.5 Å². The lowest BCUT2D eigenvalue weighted by molar-refractivity contribution is -0.187. The molecule has 3 aromatic rings. The number of aryl methyl sites for hydroxylation is 1. The number of H-pyrrole nitrogens is 1. The van der Waals surface area contributed by atoms with Gasteiger partial charge in [-0.05, 0) is 56.0 Å². The number of nitrogens with zero attached hydrogens (tertiary/aromatic N) is 1. The highest BCUT2D eigenvalue weighted by atomic mass is 32.2. The molecule has 2 N–H and O–H groups in total. The Morgan fingerprint density at radius 2 is 1.84 bits per heavy atom. The van der Waals surface area contributed by atoms with Crippen LogP contribution in [0.3, 0.4) is 0 Å². The molecule has 7 nitrogen and oxygen atoms in total. The van der Waals surface area contributed by atoms with Crippen molar-refractivity contribution in [3.05, 3.63) is 83.2 Å². The van der Waals surface area contributed by atoms with Gasteiger partial charge in [-0.15, -0.1) is 0 Å². The number of carbonyl (C=O) groups is 1. The van der Waals surface area contributed by atoms with E-state index in [0.717, 1.165) is 5.56 Å². The molecule has 11 heteroatoms. The summed E-state index contributed by atoms with van der Waals surface area (Å²) in [4.78, 5) is 15.1. The number of alkyl halides is 3. The molecule has 0 radical (unpaired) electrons. The van der Waals surface area contributed by atoms with Gasteiger partial charge in [0.1, 0.15) is 5.69 Å². The molecule has 1 aliphatic rings. The molecule has 2 heterocycles. The van der Waals surface area contributed by atoms with E-state index in [1.54, 1.807) is 55.6 Å². The van der Waals surface area contributed by atoms with Crippen LogP contribution in [0.15, 0.2) is 65.7 Å². The Morgan fingerprint density at radius 1 is 1.13 bits per heavy atom. The van der Waals surface area contributed by atoms with Crippen molar-refractivity contribution in [3.8, 4) is 0 Å². The van der Waals surface area contributed by atoms with Crippen LogP contribution in [0.5, 0.6) is 0 Å². The van der Waals surface area contributed by atoms with Crippen LogP contribution in [-0.4, -0.2) is 43.0 Å². The minimum atomic E-state index is -4.44. The number of sulfonamides is 1. The second-order valence-electron chi connectivity index (χ2n) is 9.25. The number of benzene rings is 2. The predicted molar refractivity (Wildman–Crippen MR) is 137 cm³/mol. The zero-order chi connectivity index (χ0) is 27.5. The largest absolute Gasteiger partial charge is 0.461 e. The van der Waals surface area contributed by atoms with Gasteiger partial charge in [-0.1, -0.05) is 42.0 Å². The molecule has 0 aliphatic carbocycles. The summed E-state index contributed by atoms with van der Waals surface area (Å²) >= 11 is 0. The number of aromatic nitrogens is 1. The number of rotatable bonds is 8. The Bertz CT molecular complexity index is 1370. The monoisotopic (exact) mass is 549 g/mol. The summed E-state index contributed by atoms with van der Waals surface area (Å²) in [7, 11) is -4.06. The minimum Gasteiger partial charge on any atom is -0.461 e. The first-order valence-electron chi connectivity index (χ1n) is 12.3. The summed E-state index contributed by atoms with van der Waals surface area (Å²) in [5.74, 6) is -2.16. The first-order valence-corrected chi connectivity index (χ1v) is 13.8. The van der Waals surface area contributed by atoms with E-state index >= 15 is 0 Å². The van der Waals surface area contributed by atoms with E-state index in [2.05, 4.69) is 10.3 Å². The van der Waals surface area contributed by atoms with Gasteiger partial charge in [-0.2, -0.15) is 17.5 Å². The van der Waals surface area contributed by atoms with Crippen LogP contribution in [0.1, 0.15) is 53.0 Å². The van der Waals surface area contributed by atoms with E-state index in [-0.39, 0.29) is 43.1 Å². The van der Waals surface area contributed by atoms with E-state index < -0.39 is 34.1 Å². The third kappa shape index (κ3) is 5.88. The molecule has 4 rings (SSSR count). The summed E-state index contributed by atoms with van der Waals surface area (Å²) in [6.45, 7) is 3.63. The molecule has 0 amide bonds. The number of anilines is 1. The van der Waals surface area contributed by atoms with Crippen molar-refractivity contribution < 1.29 is 31.1 Å². The highest BCUT2D eigenvalue weighted by molar-refractivity contribution is 7.89. The molecule has 2 aromatic carbocycles. The summed E-state index contributed by atoms with van der Waals surface area (Å²) < 4.78 is 75.0. The lowest BCUT2D eigenvalue weighted by Gasteiger charge is -2.40. The summed E-state index contributed by atoms with van der Waals surface area (Å²) in [5.41, 5.74) is 2.68. The van der Waals surface area contributed by atoms with E-state index in [1.807, 2.05) is 6.92 Å². The summed E-state index contributed by atoms with van der Waals surface area (Å²) in [5, 5.41) is 3.14. The fourth-order valence-corrected chi connectivity index (χ4v) is 6.39. The molecule has 1 saturated heterocycles. The van der Waals surface area contributed by atoms with Gasteiger partial charge in [-0.3, -0.25) is 0 Å². The molecule has 38 heavy (non-hydrogen) atoms. The van der Waals surface area contributed by atoms with Gasteiger partial charge < -0.3 is 15.0 Å². The second kappa shape index (κ2) is 11.2. The van der Waals surface area contributed by atoms with Gasteiger partial charge in [0.2, 0.25) is 10.0 Å². The topological polar surface area (TPSA) is 91.5 Å². The van der Waals surface area contributed by atoms with Crippen LogP contribution in [-0.2, 0) is 21.3 Å². The number of ether oxygens (including phenoxy) is 1. The van der Waals surface area contributed by atoms with Crippen LogP contribution in [0, 0.1) is 12.8 Å². The number of nitrogens with one attached hydrogen (secondary N) is 2. The smallest absolute Gasteiger partial charge is 0.391 e. The SMILES string of the molecule is CCOC(=O)c1[nH]ccc1NCc1ccccc1C1CC(C(F)(F)F)CCN1S(=O)(=O)c1ccc(C)cc1. The zero-order valence-electron chi connectivity index (χ0n) is 21.1. The molecule has 0 bridgehead atoms. The standard InChI is InChI=1S/C27H30F3N3O4S/c1-3-37-26(34)25-23(12-14-31-25)32-17-19-6-4-5-7-22(19)24-16-20(27(28,29)30)13-15-33(24)38(35,36)21-10-8-18(2)9-11-21/h4-12,14,20,24,31-32H,3,13,15-17H2,1-2H3.